The molecule has 44 heavy (non-hydrogen) atoms. The molecule has 0 atom stereocenters. The molecule has 0 aliphatic carbocycles. The Balaban J connectivity index is 1.38. The van der Waals surface area contributed by atoms with Crippen molar-refractivity contribution in [1.82, 2.24) is 4.48 Å². The standard InChI is InChI=1S/C40H23BN2O/c1-2-10-26-22-27(18-16-24(26)8-1)42-39-28-11-4-3-9-25(28)17-19-34(39)41-37-33(23-36-32(40(37)42)20-21-44-36)31-14-7-13-30-29-12-5-6-15-35(29)43(41)38(30)31/h1-23H. The third-order valence-electron chi connectivity index (χ3n) is 9.99. The number of furan rings is 1. The molecule has 0 fully saturated rings. The van der Waals surface area contributed by atoms with Crippen molar-refractivity contribution in [3.8, 4) is 11.1 Å². The van der Waals surface area contributed by atoms with Crippen molar-refractivity contribution in [3.63, 3.8) is 0 Å². The number of anilines is 3. The van der Waals surface area contributed by atoms with Crippen LogP contribution in [0.4, 0.5) is 17.1 Å². The van der Waals surface area contributed by atoms with Gasteiger partial charge in [-0.1, -0.05) is 103 Å². The van der Waals surface area contributed by atoms with Crippen LogP contribution in [0.5, 0.6) is 0 Å². The number of aromatic nitrogens is 1. The van der Waals surface area contributed by atoms with Gasteiger partial charge in [-0.15, -0.1) is 0 Å². The van der Waals surface area contributed by atoms with Gasteiger partial charge in [-0.05, 0) is 63.0 Å². The summed E-state index contributed by atoms with van der Waals surface area (Å²) in [5.74, 6) is 0. The second kappa shape index (κ2) is 8.00. The van der Waals surface area contributed by atoms with Gasteiger partial charge in [0.1, 0.15) is 5.58 Å². The minimum Gasteiger partial charge on any atom is -0.464 e. The van der Waals surface area contributed by atoms with Gasteiger partial charge in [-0.3, -0.25) is 0 Å². The van der Waals surface area contributed by atoms with E-state index in [9.17, 15) is 0 Å². The van der Waals surface area contributed by atoms with E-state index < -0.39 is 0 Å². The van der Waals surface area contributed by atoms with Gasteiger partial charge >= 0.3 is 6.85 Å². The molecule has 9 aromatic rings. The van der Waals surface area contributed by atoms with Crippen molar-refractivity contribution >= 4 is 89.2 Å². The number of fused-ring (bicyclic) bond motifs is 12. The summed E-state index contributed by atoms with van der Waals surface area (Å²) in [5, 5.41) is 8.67. The zero-order valence-corrected chi connectivity index (χ0v) is 23.7. The first-order valence-electron chi connectivity index (χ1n) is 15.2. The van der Waals surface area contributed by atoms with Gasteiger partial charge in [-0.25, -0.2) is 0 Å². The maximum atomic E-state index is 6.23. The van der Waals surface area contributed by atoms with Crippen LogP contribution in [0.25, 0.3) is 65.4 Å². The molecule has 2 aliphatic heterocycles. The Bertz CT molecular complexity index is 2700. The summed E-state index contributed by atoms with van der Waals surface area (Å²) in [6.45, 7) is 0.00733. The topological polar surface area (TPSA) is 21.3 Å². The fourth-order valence-electron chi connectivity index (χ4n) is 8.24. The van der Waals surface area contributed by atoms with Gasteiger partial charge in [0.25, 0.3) is 0 Å². The lowest BCUT2D eigenvalue weighted by Gasteiger charge is -2.41. The molecule has 2 aliphatic rings. The SMILES string of the molecule is c1ccc2cc(N3c4c(ccc5ccccc45)B4c5c(cc6occc6c53)-c3cccc5c6ccccc6n4c35)ccc2c1. The molecule has 4 heteroatoms. The Kier molecular flexibility index (Phi) is 4.15. The lowest BCUT2D eigenvalue weighted by Crippen LogP contribution is -2.56. The molecule has 0 spiro atoms. The molecule has 11 rings (SSSR count). The minimum atomic E-state index is 0.00733. The Hall–Kier alpha value is -5.74. The zero-order chi connectivity index (χ0) is 28.5. The van der Waals surface area contributed by atoms with E-state index in [0.717, 1.165) is 16.7 Å². The van der Waals surface area contributed by atoms with E-state index in [1.165, 1.54) is 76.8 Å². The van der Waals surface area contributed by atoms with Crippen molar-refractivity contribution in [1.29, 1.82) is 0 Å². The van der Waals surface area contributed by atoms with E-state index in [0.29, 0.717) is 0 Å². The van der Waals surface area contributed by atoms with Crippen LogP contribution < -0.4 is 15.8 Å². The molecule has 0 radical (unpaired) electrons. The Morgan fingerprint density at radius 2 is 1.30 bits per heavy atom. The fraction of sp³-hybridized carbons (Fsp3) is 0. The molecule has 4 heterocycles. The molecule has 0 bridgehead atoms. The Morgan fingerprint density at radius 3 is 2.23 bits per heavy atom. The quantitative estimate of drug-likeness (QED) is 0.187. The summed E-state index contributed by atoms with van der Waals surface area (Å²) in [6, 6.07) is 49.1. The number of rotatable bonds is 1. The molecular formula is C40H23BN2O. The van der Waals surface area contributed by atoms with E-state index in [2.05, 4.69) is 143 Å². The third-order valence-corrected chi connectivity index (χ3v) is 9.99. The molecule has 0 saturated carbocycles. The maximum Gasteiger partial charge on any atom is 0.333 e. The summed E-state index contributed by atoms with van der Waals surface area (Å²) in [4.78, 5) is 2.52. The smallest absolute Gasteiger partial charge is 0.333 e. The van der Waals surface area contributed by atoms with Crippen LogP contribution in [-0.4, -0.2) is 11.3 Å². The predicted molar refractivity (Wildman–Crippen MR) is 185 cm³/mol. The Labute approximate surface area is 253 Å². The van der Waals surface area contributed by atoms with Crippen LogP contribution in [0, 0.1) is 0 Å². The first kappa shape index (κ1) is 22.8. The summed E-state index contributed by atoms with van der Waals surface area (Å²) < 4.78 is 8.84. The second-order valence-corrected chi connectivity index (χ2v) is 12.1. The van der Waals surface area contributed by atoms with E-state index in [4.69, 9.17) is 4.42 Å². The molecule has 0 unspecified atom stereocenters. The van der Waals surface area contributed by atoms with Gasteiger partial charge in [0.2, 0.25) is 0 Å². The lowest BCUT2D eigenvalue weighted by molar-refractivity contribution is 0.616. The summed E-state index contributed by atoms with van der Waals surface area (Å²) in [5.41, 5.74) is 12.2. The van der Waals surface area contributed by atoms with Crippen LogP contribution in [0.1, 0.15) is 0 Å². The first-order chi connectivity index (χ1) is 21.8. The fourth-order valence-corrected chi connectivity index (χ4v) is 8.24. The highest BCUT2D eigenvalue weighted by Crippen LogP contribution is 2.49. The van der Waals surface area contributed by atoms with Crippen molar-refractivity contribution in [3.05, 3.63) is 140 Å². The number of hydrogen-bond acceptors (Lipinski definition) is 2. The highest BCUT2D eigenvalue weighted by atomic mass is 16.3. The minimum absolute atomic E-state index is 0.00733. The largest absolute Gasteiger partial charge is 0.464 e. The number of hydrogen-bond donors (Lipinski definition) is 0. The van der Waals surface area contributed by atoms with E-state index in [1.54, 1.807) is 0 Å². The third kappa shape index (κ3) is 2.70. The van der Waals surface area contributed by atoms with Gasteiger partial charge in [0.05, 0.1) is 17.6 Å². The van der Waals surface area contributed by atoms with E-state index in [-0.39, 0.29) is 6.85 Å². The van der Waals surface area contributed by atoms with Gasteiger partial charge in [0.15, 0.2) is 0 Å². The van der Waals surface area contributed by atoms with Gasteiger partial charge in [-0.2, -0.15) is 0 Å². The molecule has 3 nitrogen and oxygen atoms in total. The highest BCUT2D eigenvalue weighted by Gasteiger charge is 2.44. The highest BCUT2D eigenvalue weighted by molar-refractivity contribution is 6.90. The molecule has 0 amide bonds. The molecule has 7 aromatic carbocycles. The monoisotopic (exact) mass is 558 g/mol. The summed E-state index contributed by atoms with van der Waals surface area (Å²) in [7, 11) is 0. The van der Waals surface area contributed by atoms with Crippen molar-refractivity contribution < 1.29 is 4.42 Å². The summed E-state index contributed by atoms with van der Waals surface area (Å²) in [6.07, 6.45) is 1.84. The van der Waals surface area contributed by atoms with Crippen LogP contribution in [0.2, 0.25) is 0 Å². The average Bonchev–Trinajstić information content (AvgIpc) is 3.69. The normalized spacial score (nSPS) is 13.4. The van der Waals surface area contributed by atoms with E-state index >= 15 is 0 Å². The van der Waals surface area contributed by atoms with Crippen molar-refractivity contribution in [2.24, 2.45) is 0 Å². The molecule has 202 valence electrons. The second-order valence-electron chi connectivity index (χ2n) is 12.1. The van der Waals surface area contributed by atoms with Crippen molar-refractivity contribution in [2.45, 2.75) is 0 Å². The van der Waals surface area contributed by atoms with Crippen LogP contribution in [-0.2, 0) is 0 Å². The van der Waals surface area contributed by atoms with Crippen molar-refractivity contribution in [2.75, 3.05) is 4.90 Å². The number of benzene rings is 7. The van der Waals surface area contributed by atoms with Crippen LogP contribution >= 0.6 is 0 Å². The zero-order valence-electron chi connectivity index (χ0n) is 23.7. The number of para-hydroxylation sites is 2. The van der Waals surface area contributed by atoms with Gasteiger partial charge < -0.3 is 13.8 Å². The lowest BCUT2D eigenvalue weighted by atomic mass is 9.44. The molecule has 2 aromatic heterocycles. The van der Waals surface area contributed by atoms with Gasteiger partial charge in [0, 0.05) is 43.8 Å². The predicted octanol–water partition coefficient (Wildman–Crippen LogP) is 9.26. The van der Waals surface area contributed by atoms with Crippen LogP contribution in [0.3, 0.4) is 0 Å². The molecule has 0 saturated heterocycles. The number of nitrogens with zero attached hydrogens (tertiary/aromatic N) is 2. The molecular weight excluding hydrogens is 535 g/mol. The summed E-state index contributed by atoms with van der Waals surface area (Å²) >= 11 is 0. The average molecular weight is 558 g/mol. The maximum absolute atomic E-state index is 6.23. The first-order valence-corrected chi connectivity index (χ1v) is 15.2. The molecule has 0 N–H and O–H groups in total. The van der Waals surface area contributed by atoms with Crippen LogP contribution in [0.15, 0.2) is 144 Å². The van der Waals surface area contributed by atoms with E-state index in [1.807, 2.05) is 6.26 Å². The Morgan fingerprint density at radius 1 is 0.523 bits per heavy atom.